The molecular weight excluding hydrogens is 265 g/mol. The molecule has 0 aliphatic carbocycles. The van der Waals surface area contributed by atoms with Crippen LogP contribution in [0.3, 0.4) is 0 Å². The van der Waals surface area contributed by atoms with Crippen molar-refractivity contribution < 1.29 is 0 Å². The van der Waals surface area contributed by atoms with Crippen LogP contribution < -0.4 is 5.32 Å². The van der Waals surface area contributed by atoms with Crippen molar-refractivity contribution in [2.45, 2.75) is 45.2 Å². The van der Waals surface area contributed by atoms with Crippen LogP contribution in [0.25, 0.3) is 0 Å². The van der Waals surface area contributed by atoms with Crippen molar-refractivity contribution in [1.29, 1.82) is 0 Å². The molecule has 0 atom stereocenters. The highest BCUT2D eigenvalue weighted by atomic mass is 35.5. The lowest BCUT2D eigenvalue weighted by Gasteiger charge is -2.26. The first-order valence-corrected chi connectivity index (χ1v) is 7.34. The SMILES string of the molecule is CC(CCl)(CCl)NCc1ccc(C(C)(C)C)cc1. The quantitative estimate of drug-likeness (QED) is 0.796. The third-order valence-electron chi connectivity index (χ3n) is 3.13. The van der Waals surface area contributed by atoms with Crippen molar-refractivity contribution in [2.75, 3.05) is 11.8 Å². The summed E-state index contributed by atoms with van der Waals surface area (Å²) in [6, 6.07) is 8.71. The van der Waals surface area contributed by atoms with Gasteiger partial charge in [-0.05, 0) is 23.5 Å². The molecule has 102 valence electrons. The monoisotopic (exact) mass is 287 g/mol. The van der Waals surface area contributed by atoms with Crippen molar-refractivity contribution in [2.24, 2.45) is 0 Å². The second-order valence-electron chi connectivity index (χ2n) is 6.13. The fourth-order valence-corrected chi connectivity index (χ4v) is 2.04. The molecule has 0 saturated heterocycles. The van der Waals surface area contributed by atoms with Gasteiger partial charge < -0.3 is 5.32 Å². The fourth-order valence-electron chi connectivity index (χ4n) is 1.57. The van der Waals surface area contributed by atoms with Crippen LogP contribution >= 0.6 is 23.2 Å². The minimum absolute atomic E-state index is 0.201. The largest absolute Gasteiger partial charge is 0.305 e. The Bertz CT molecular complexity index is 361. The van der Waals surface area contributed by atoms with E-state index in [2.05, 4.69) is 50.4 Å². The van der Waals surface area contributed by atoms with E-state index in [0.717, 1.165) is 6.54 Å². The van der Waals surface area contributed by atoms with Gasteiger partial charge in [-0.1, -0.05) is 45.0 Å². The minimum Gasteiger partial charge on any atom is -0.305 e. The third kappa shape index (κ3) is 4.46. The molecule has 1 rings (SSSR count). The first-order valence-electron chi connectivity index (χ1n) is 6.27. The lowest BCUT2D eigenvalue weighted by Crippen LogP contribution is -2.45. The molecule has 1 N–H and O–H groups in total. The van der Waals surface area contributed by atoms with Gasteiger partial charge in [-0.25, -0.2) is 0 Å². The van der Waals surface area contributed by atoms with Crippen molar-refractivity contribution in [1.82, 2.24) is 5.32 Å². The van der Waals surface area contributed by atoms with E-state index >= 15 is 0 Å². The van der Waals surface area contributed by atoms with Crippen molar-refractivity contribution >= 4 is 23.2 Å². The fraction of sp³-hybridized carbons (Fsp3) is 0.600. The van der Waals surface area contributed by atoms with Crippen molar-refractivity contribution in [3.05, 3.63) is 35.4 Å². The number of benzene rings is 1. The molecule has 18 heavy (non-hydrogen) atoms. The Kier molecular flexibility index (Phi) is 5.51. The molecule has 0 bridgehead atoms. The van der Waals surface area contributed by atoms with Gasteiger partial charge in [-0.2, -0.15) is 0 Å². The summed E-state index contributed by atoms with van der Waals surface area (Å²) in [7, 11) is 0. The maximum Gasteiger partial charge on any atom is 0.0427 e. The van der Waals surface area contributed by atoms with Gasteiger partial charge in [0.15, 0.2) is 0 Å². The van der Waals surface area contributed by atoms with Gasteiger partial charge in [0, 0.05) is 23.8 Å². The van der Waals surface area contributed by atoms with E-state index in [9.17, 15) is 0 Å². The van der Waals surface area contributed by atoms with E-state index in [4.69, 9.17) is 23.2 Å². The normalized spacial score (nSPS) is 12.8. The zero-order chi connectivity index (χ0) is 13.8. The third-order valence-corrected chi connectivity index (χ3v) is 4.31. The Balaban J connectivity index is 2.65. The second kappa shape index (κ2) is 6.27. The molecule has 0 unspecified atom stereocenters. The molecule has 0 fully saturated rings. The van der Waals surface area contributed by atoms with Crippen LogP contribution in [0.2, 0.25) is 0 Å². The average Bonchev–Trinajstić information content (AvgIpc) is 2.35. The summed E-state index contributed by atoms with van der Waals surface area (Å²) in [4.78, 5) is 0. The lowest BCUT2D eigenvalue weighted by molar-refractivity contribution is 0.435. The standard InChI is InChI=1S/C15H23Cl2N/c1-14(2,3)13-7-5-12(6-8-13)9-18-15(4,10-16)11-17/h5-8,18H,9-11H2,1-4H3. The average molecular weight is 288 g/mol. The van der Waals surface area contributed by atoms with Gasteiger partial charge in [0.1, 0.15) is 0 Å². The molecule has 0 aromatic heterocycles. The molecule has 3 heteroatoms. The maximum atomic E-state index is 5.91. The van der Waals surface area contributed by atoms with Crippen LogP contribution in [0, 0.1) is 0 Å². The summed E-state index contributed by atoms with van der Waals surface area (Å²) in [5, 5.41) is 3.41. The molecule has 0 radical (unpaired) electrons. The summed E-state index contributed by atoms with van der Waals surface area (Å²) in [6.07, 6.45) is 0. The molecule has 1 nitrogen and oxygen atoms in total. The number of nitrogens with one attached hydrogen (secondary N) is 1. The van der Waals surface area contributed by atoms with E-state index in [0.29, 0.717) is 11.8 Å². The zero-order valence-electron chi connectivity index (χ0n) is 11.7. The van der Waals surface area contributed by atoms with Gasteiger partial charge in [-0.15, -0.1) is 23.2 Å². The summed E-state index contributed by atoms with van der Waals surface area (Å²) in [5.41, 5.74) is 2.60. The van der Waals surface area contributed by atoms with E-state index in [1.165, 1.54) is 11.1 Å². The smallest absolute Gasteiger partial charge is 0.0427 e. The predicted molar refractivity (Wildman–Crippen MR) is 81.8 cm³/mol. The molecule has 0 heterocycles. The van der Waals surface area contributed by atoms with E-state index in [1.54, 1.807) is 0 Å². The minimum atomic E-state index is -0.203. The first kappa shape index (κ1) is 15.8. The van der Waals surface area contributed by atoms with Crippen LogP contribution in [0.1, 0.15) is 38.8 Å². The van der Waals surface area contributed by atoms with Gasteiger partial charge >= 0.3 is 0 Å². The molecule has 0 aliphatic rings. The maximum absolute atomic E-state index is 5.91. The second-order valence-corrected chi connectivity index (χ2v) is 6.66. The van der Waals surface area contributed by atoms with Gasteiger partial charge in [0.2, 0.25) is 0 Å². The Morgan fingerprint density at radius 1 is 0.944 bits per heavy atom. The molecule has 1 aromatic rings. The Morgan fingerprint density at radius 2 is 1.44 bits per heavy atom. The number of rotatable bonds is 5. The van der Waals surface area contributed by atoms with Crippen molar-refractivity contribution in [3.63, 3.8) is 0 Å². The highest BCUT2D eigenvalue weighted by molar-refractivity contribution is 6.22. The Hall–Kier alpha value is -0.240. The van der Waals surface area contributed by atoms with Crippen LogP contribution in [-0.4, -0.2) is 17.3 Å². The number of hydrogen-bond acceptors (Lipinski definition) is 1. The number of alkyl halides is 2. The lowest BCUT2D eigenvalue weighted by atomic mass is 9.87. The van der Waals surface area contributed by atoms with E-state index < -0.39 is 0 Å². The molecule has 0 aliphatic heterocycles. The number of halogens is 2. The molecule has 0 amide bonds. The summed E-state index contributed by atoms with van der Waals surface area (Å²) in [5.74, 6) is 1.02. The Labute approximate surface area is 121 Å². The molecule has 0 saturated carbocycles. The Morgan fingerprint density at radius 3 is 1.83 bits per heavy atom. The predicted octanol–water partition coefficient (Wildman–Crippen LogP) is 4.31. The van der Waals surface area contributed by atoms with Crippen molar-refractivity contribution in [3.8, 4) is 0 Å². The van der Waals surface area contributed by atoms with Gasteiger partial charge in [-0.3, -0.25) is 0 Å². The molecule has 0 spiro atoms. The van der Waals surface area contributed by atoms with E-state index in [1.807, 2.05) is 6.92 Å². The molecule has 1 aromatic carbocycles. The summed E-state index contributed by atoms with van der Waals surface area (Å²) in [6.45, 7) is 9.49. The summed E-state index contributed by atoms with van der Waals surface area (Å²) < 4.78 is 0. The highest BCUT2D eigenvalue weighted by Gasteiger charge is 2.21. The van der Waals surface area contributed by atoms with Crippen LogP contribution in [-0.2, 0) is 12.0 Å². The summed E-state index contributed by atoms with van der Waals surface area (Å²) >= 11 is 11.8. The van der Waals surface area contributed by atoms with E-state index in [-0.39, 0.29) is 11.0 Å². The van der Waals surface area contributed by atoms with Crippen LogP contribution in [0.5, 0.6) is 0 Å². The highest BCUT2D eigenvalue weighted by Crippen LogP contribution is 2.22. The number of hydrogen-bond donors (Lipinski definition) is 1. The first-order chi connectivity index (χ1) is 8.30. The van der Waals surface area contributed by atoms with Crippen LogP contribution in [0.15, 0.2) is 24.3 Å². The van der Waals surface area contributed by atoms with Crippen LogP contribution in [0.4, 0.5) is 0 Å². The van der Waals surface area contributed by atoms with Gasteiger partial charge in [0.25, 0.3) is 0 Å². The zero-order valence-corrected chi connectivity index (χ0v) is 13.2. The van der Waals surface area contributed by atoms with Gasteiger partial charge in [0.05, 0.1) is 0 Å². The topological polar surface area (TPSA) is 12.0 Å². The molecular formula is C15H23Cl2N.